The Morgan fingerprint density at radius 2 is 1.90 bits per heavy atom. The molecule has 1 aromatic carbocycles. The summed E-state index contributed by atoms with van der Waals surface area (Å²) in [7, 11) is 1.49. The minimum Gasteiger partial charge on any atom is -0.494 e. The Labute approximate surface area is 122 Å². The maximum Gasteiger partial charge on any atom is 0.165 e. The van der Waals surface area contributed by atoms with Crippen molar-refractivity contribution in [2.24, 2.45) is 5.92 Å². The highest BCUT2D eigenvalue weighted by atomic mass is 19.1. The molecule has 0 aliphatic carbocycles. The predicted octanol–water partition coefficient (Wildman–Crippen LogP) is 4.70. The van der Waals surface area contributed by atoms with E-state index in [2.05, 4.69) is 33.0 Å². The number of hydrogen-bond acceptors (Lipinski definition) is 2. The Hall–Kier alpha value is -1.09. The lowest BCUT2D eigenvalue weighted by Crippen LogP contribution is -2.32. The standard InChI is InChI=1S/C17H28FNO/c1-6-12(3)10-15(7-2)19-13(4)14-8-9-17(20-5)16(18)11-14/h8-9,11-13,15,19H,6-7,10H2,1-5H3. The molecule has 3 atom stereocenters. The van der Waals surface area contributed by atoms with Gasteiger partial charge in [0.25, 0.3) is 0 Å². The number of benzene rings is 1. The van der Waals surface area contributed by atoms with Gasteiger partial charge in [0.05, 0.1) is 7.11 Å². The van der Waals surface area contributed by atoms with Crippen molar-refractivity contribution < 1.29 is 9.13 Å². The maximum absolute atomic E-state index is 13.7. The summed E-state index contributed by atoms with van der Waals surface area (Å²) in [6.07, 6.45) is 3.45. The zero-order chi connectivity index (χ0) is 15.1. The van der Waals surface area contributed by atoms with Crippen molar-refractivity contribution >= 4 is 0 Å². The van der Waals surface area contributed by atoms with E-state index in [4.69, 9.17) is 4.74 Å². The van der Waals surface area contributed by atoms with E-state index >= 15 is 0 Å². The van der Waals surface area contributed by atoms with E-state index in [0.717, 1.165) is 18.4 Å². The highest BCUT2D eigenvalue weighted by Crippen LogP contribution is 2.23. The van der Waals surface area contributed by atoms with E-state index in [1.807, 2.05) is 6.07 Å². The topological polar surface area (TPSA) is 21.3 Å². The van der Waals surface area contributed by atoms with Crippen LogP contribution in [-0.2, 0) is 0 Å². The van der Waals surface area contributed by atoms with E-state index in [1.54, 1.807) is 12.1 Å². The average Bonchev–Trinajstić information content (AvgIpc) is 2.45. The van der Waals surface area contributed by atoms with Crippen molar-refractivity contribution in [3.63, 3.8) is 0 Å². The lowest BCUT2D eigenvalue weighted by atomic mass is 9.96. The van der Waals surface area contributed by atoms with Gasteiger partial charge in [-0.25, -0.2) is 4.39 Å². The van der Waals surface area contributed by atoms with Crippen LogP contribution in [0.1, 0.15) is 58.6 Å². The fourth-order valence-corrected chi connectivity index (χ4v) is 2.41. The first-order valence-electron chi connectivity index (χ1n) is 7.61. The van der Waals surface area contributed by atoms with Crippen LogP contribution in [-0.4, -0.2) is 13.2 Å². The number of hydrogen-bond donors (Lipinski definition) is 1. The minimum atomic E-state index is -0.298. The van der Waals surface area contributed by atoms with Gasteiger partial charge in [0.2, 0.25) is 0 Å². The first-order valence-corrected chi connectivity index (χ1v) is 7.61. The molecule has 3 unspecified atom stereocenters. The van der Waals surface area contributed by atoms with E-state index in [-0.39, 0.29) is 11.9 Å². The zero-order valence-corrected chi connectivity index (χ0v) is 13.4. The Kier molecular flexibility index (Phi) is 7.00. The Balaban J connectivity index is 2.69. The summed E-state index contributed by atoms with van der Waals surface area (Å²) in [5, 5.41) is 3.61. The fraction of sp³-hybridized carbons (Fsp3) is 0.647. The van der Waals surface area contributed by atoms with Gasteiger partial charge in [-0.2, -0.15) is 0 Å². The first-order chi connectivity index (χ1) is 9.51. The average molecular weight is 281 g/mol. The van der Waals surface area contributed by atoms with Gasteiger partial charge in [-0.15, -0.1) is 0 Å². The van der Waals surface area contributed by atoms with Crippen LogP contribution >= 0.6 is 0 Å². The first kappa shape index (κ1) is 17.0. The molecule has 0 fully saturated rings. The lowest BCUT2D eigenvalue weighted by molar-refractivity contribution is 0.357. The van der Waals surface area contributed by atoms with Gasteiger partial charge in [0.15, 0.2) is 11.6 Å². The molecule has 0 aliphatic heterocycles. The molecule has 2 nitrogen and oxygen atoms in total. The van der Waals surface area contributed by atoms with Crippen LogP contribution in [0.3, 0.4) is 0 Å². The molecule has 0 saturated carbocycles. The number of methoxy groups -OCH3 is 1. The summed E-state index contributed by atoms with van der Waals surface area (Å²) < 4.78 is 18.7. The van der Waals surface area contributed by atoms with E-state index in [0.29, 0.717) is 17.7 Å². The molecule has 0 amide bonds. The van der Waals surface area contributed by atoms with Gasteiger partial charge in [-0.1, -0.05) is 33.3 Å². The van der Waals surface area contributed by atoms with Crippen molar-refractivity contribution in [1.82, 2.24) is 5.32 Å². The number of rotatable bonds is 8. The molecule has 0 aromatic heterocycles. The molecule has 1 aromatic rings. The van der Waals surface area contributed by atoms with Crippen molar-refractivity contribution in [3.8, 4) is 5.75 Å². The normalized spacial score (nSPS) is 15.7. The molecular weight excluding hydrogens is 253 g/mol. The number of nitrogens with one attached hydrogen (secondary N) is 1. The predicted molar refractivity (Wildman–Crippen MR) is 82.7 cm³/mol. The lowest BCUT2D eigenvalue weighted by Gasteiger charge is -2.25. The summed E-state index contributed by atoms with van der Waals surface area (Å²) in [5.41, 5.74) is 0.964. The van der Waals surface area contributed by atoms with E-state index in [1.165, 1.54) is 13.5 Å². The summed E-state index contributed by atoms with van der Waals surface area (Å²) in [6, 6.07) is 5.80. The highest BCUT2D eigenvalue weighted by molar-refractivity contribution is 5.30. The Bertz CT molecular complexity index is 408. The second-order valence-electron chi connectivity index (χ2n) is 5.64. The molecule has 114 valence electrons. The maximum atomic E-state index is 13.7. The van der Waals surface area contributed by atoms with Gasteiger partial charge in [-0.3, -0.25) is 0 Å². The van der Waals surface area contributed by atoms with Crippen molar-refractivity contribution in [2.75, 3.05) is 7.11 Å². The van der Waals surface area contributed by atoms with E-state index < -0.39 is 0 Å². The number of halogens is 1. The summed E-state index contributed by atoms with van der Waals surface area (Å²) in [6.45, 7) is 8.78. The Morgan fingerprint density at radius 3 is 2.40 bits per heavy atom. The highest BCUT2D eigenvalue weighted by Gasteiger charge is 2.15. The molecule has 20 heavy (non-hydrogen) atoms. The summed E-state index contributed by atoms with van der Waals surface area (Å²) >= 11 is 0. The molecule has 3 heteroatoms. The molecule has 0 heterocycles. The van der Waals surface area contributed by atoms with E-state index in [9.17, 15) is 4.39 Å². The van der Waals surface area contributed by atoms with Crippen LogP contribution < -0.4 is 10.1 Å². The van der Waals surface area contributed by atoms with Crippen molar-refractivity contribution in [3.05, 3.63) is 29.6 Å². The van der Waals surface area contributed by atoms with Crippen LogP contribution in [0.15, 0.2) is 18.2 Å². The molecule has 1 N–H and O–H groups in total. The van der Waals surface area contributed by atoms with Crippen LogP contribution in [0.4, 0.5) is 4.39 Å². The molecule has 0 spiro atoms. The van der Waals surface area contributed by atoms with Gasteiger partial charge < -0.3 is 10.1 Å². The third-order valence-electron chi connectivity index (χ3n) is 4.04. The van der Waals surface area contributed by atoms with Crippen LogP contribution in [0.25, 0.3) is 0 Å². The summed E-state index contributed by atoms with van der Waals surface area (Å²) in [4.78, 5) is 0. The largest absolute Gasteiger partial charge is 0.494 e. The molecule has 0 saturated heterocycles. The van der Waals surface area contributed by atoms with Crippen LogP contribution in [0.5, 0.6) is 5.75 Å². The molecular formula is C17H28FNO. The third kappa shape index (κ3) is 4.78. The quantitative estimate of drug-likeness (QED) is 0.745. The summed E-state index contributed by atoms with van der Waals surface area (Å²) in [5.74, 6) is 0.716. The van der Waals surface area contributed by atoms with Crippen molar-refractivity contribution in [2.45, 2.75) is 59.0 Å². The second kappa shape index (κ2) is 8.25. The van der Waals surface area contributed by atoms with Gasteiger partial charge >= 0.3 is 0 Å². The zero-order valence-electron chi connectivity index (χ0n) is 13.4. The Morgan fingerprint density at radius 1 is 1.20 bits per heavy atom. The molecule has 0 radical (unpaired) electrons. The van der Waals surface area contributed by atoms with Crippen LogP contribution in [0.2, 0.25) is 0 Å². The second-order valence-corrected chi connectivity index (χ2v) is 5.64. The SMILES string of the molecule is CCC(C)CC(CC)NC(C)c1ccc(OC)c(F)c1. The monoisotopic (exact) mass is 281 g/mol. The van der Waals surface area contributed by atoms with Crippen molar-refractivity contribution in [1.29, 1.82) is 0 Å². The molecule has 0 bridgehead atoms. The smallest absolute Gasteiger partial charge is 0.165 e. The number of ether oxygens (including phenoxy) is 1. The molecule has 0 aliphatic rings. The van der Waals surface area contributed by atoms with Crippen LogP contribution in [0, 0.1) is 11.7 Å². The van der Waals surface area contributed by atoms with Gasteiger partial charge in [-0.05, 0) is 43.4 Å². The molecule has 1 rings (SSSR count). The fourth-order valence-electron chi connectivity index (χ4n) is 2.41. The van der Waals surface area contributed by atoms with Gasteiger partial charge in [0.1, 0.15) is 0 Å². The minimum absolute atomic E-state index is 0.143. The third-order valence-corrected chi connectivity index (χ3v) is 4.04. The van der Waals surface area contributed by atoms with Gasteiger partial charge in [0, 0.05) is 12.1 Å².